The predicted octanol–water partition coefficient (Wildman–Crippen LogP) is 4.95. The van der Waals surface area contributed by atoms with Gasteiger partial charge in [-0.25, -0.2) is 4.79 Å². The SMILES string of the molecule is O=C(O)C[C@@H](NC(=O)OCC1c2ccccc2-c2ccccc21)C1CCCCC1. The van der Waals surface area contributed by atoms with Gasteiger partial charge in [-0.3, -0.25) is 4.79 Å². The minimum atomic E-state index is -0.889. The van der Waals surface area contributed by atoms with Gasteiger partial charge in [-0.1, -0.05) is 67.8 Å². The average Bonchev–Trinajstić information content (AvgIpc) is 3.06. The topological polar surface area (TPSA) is 75.6 Å². The Hall–Kier alpha value is -2.82. The van der Waals surface area contributed by atoms with E-state index in [1.807, 2.05) is 24.3 Å². The lowest BCUT2D eigenvalue weighted by Crippen LogP contribution is -2.43. The first-order valence-corrected chi connectivity index (χ1v) is 10.5. The molecular formula is C24H27NO4. The van der Waals surface area contributed by atoms with Gasteiger partial charge in [0, 0.05) is 12.0 Å². The summed E-state index contributed by atoms with van der Waals surface area (Å²) in [5.41, 5.74) is 4.69. The van der Waals surface area contributed by atoms with E-state index in [9.17, 15) is 14.7 Å². The maximum absolute atomic E-state index is 12.5. The molecule has 0 unspecified atom stereocenters. The van der Waals surface area contributed by atoms with E-state index >= 15 is 0 Å². The van der Waals surface area contributed by atoms with Gasteiger partial charge in [-0.15, -0.1) is 0 Å². The summed E-state index contributed by atoms with van der Waals surface area (Å²) in [6.45, 7) is 0.240. The number of hydrogen-bond donors (Lipinski definition) is 2. The third-order valence-corrected chi connectivity index (χ3v) is 6.26. The zero-order valence-corrected chi connectivity index (χ0v) is 16.5. The fraction of sp³-hybridized carbons (Fsp3) is 0.417. The number of rotatable bonds is 6. The van der Waals surface area contributed by atoms with Crippen molar-refractivity contribution in [3.63, 3.8) is 0 Å². The van der Waals surface area contributed by atoms with Gasteiger partial charge in [0.25, 0.3) is 0 Å². The maximum atomic E-state index is 12.5. The van der Waals surface area contributed by atoms with Gasteiger partial charge in [0.15, 0.2) is 0 Å². The first kappa shape index (κ1) is 19.5. The molecule has 1 atom stereocenters. The lowest BCUT2D eigenvalue weighted by Gasteiger charge is -2.29. The molecule has 5 nitrogen and oxygen atoms in total. The van der Waals surface area contributed by atoms with E-state index in [4.69, 9.17) is 4.74 Å². The van der Waals surface area contributed by atoms with Crippen molar-refractivity contribution in [3.8, 4) is 11.1 Å². The molecular weight excluding hydrogens is 366 g/mol. The zero-order valence-electron chi connectivity index (χ0n) is 16.5. The van der Waals surface area contributed by atoms with Gasteiger partial charge >= 0.3 is 12.1 Å². The number of aliphatic carboxylic acids is 1. The number of carbonyl (C=O) groups is 2. The third-order valence-electron chi connectivity index (χ3n) is 6.26. The van der Waals surface area contributed by atoms with Gasteiger partial charge in [0.1, 0.15) is 6.61 Å². The highest BCUT2D eigenvalue weighted by molar-refractivity contribution is 5.79. The number of hydrogen-bond acceptors (Lipinski definition) is 3. The molecule has 0 aliphatic heterocycles. The van der Waals surface area contributed by atoms with Crippen LogP contribution in [0.3, 0.4) is 0 Å². The maximum Gasteiger partial charge on any atom is 0.407 e. The Morgan fingerprint density at radius 2 is 1.55 bits per heavy atom. The summed E-state index contributed by atoms with van der Waals surface area (Å²) < 4.78 is 5.60. The summed E-state index contributed by atoms with van der Waals surface area (Å²) in [5, 5.41) is 12.1. The molecule has 152 valence electrons. The van der Waals surface area contributed by atoms with Gasteiger partial charge < -0.3 is 15.2 Å². The third kappa shape index (κ3) is 4.29. The monoisotopic (exact) mass is 393 g/mol. The lowest BCUT2D eigenvalue weighted by molar-refractivity contribution is -0.137. The Balaban J connectivity index is 1.43. The summed E-state index contributed by atoms with van der Waals surface area (Å²) in [6.07, 6.45) is 4.70. The molecule has 0 radical (unpaired) electrons. The highest BCUT2D eigenvalue weighted by Crippen LogP contribution is 2.44. The molecule has 2 aromatic carbocycles. The molecule has 0 saturated heterocycles. The van der Waals surface area contributed by atoms with Gasteiger partial charge in [-0.05, 0) is 41.0 Å². The molecule has 2 aliphatic carbocycles. The van der Waals surface area contributed by atoms with E-state index in [-0.39, 0.29) is 30.9 Å². The molecule has 1 saturated carbocycles. The van der Waals surface area contributed by atoms with Crippen LogP contribution in [0.1, 0.15) is 55.6 Å². The molecule has 0 heterocycles. The highest BCUT2D eigenvalue weighted by Gasteiger charge is 2.31. The second kappa shape index (κ2) is 8.68. The van der Waals surface area contributed by atoms with Crippen LogP contribution in [-0.2, 0) is 9.53 Å². The van der Waals surface area contributed by atoms with Crippen LogP contribution in [0.4, 0.5) is 4.79 Å². The fourth-order valence-electron chi connectivity index (χ4n) is 4.85. The Morgan fingerprint density at radius 3 is 2.14 bits per heavy atom. The number of alkyl carbamates (subject to hydrolysis) is 1. The van der Waals surface area contributed by atoms with Crippen molar-refractivity contribution in [2.24, 2.45) is 5.92 Å². The van der Waals surface area contributed by atoms with Crippen LogP contribution >= 0.6 is 0 Å². The van der Waals surface area contributed by atoms with E-state index in [0.29, 0.717) is 0 Å². The van der Waals surface area contributed by atoms with E-state index in [0.717, 1.165) is 36.8 Å². The van der Waals surface area contributed by atoms with Crippen molar-refractivity contribution in [1.82, 2.24) is 5.32 Å². The average molecular weight is 393 g/mol. The second-order valence-electron chi connectivity index (χ2n) is 8.07. The Bertz CT molecular complexity index is 842. The number of ether oxygens (including phenoxy) is 1. The first-order valence-electron chi connectivity index (χ1n) is 10.5. The molecule has 5 heteroatoms. The van der Waals surface area contributed by atoms with Gasteiger partial charge in [0.2, 0.25) is 0 Å². The fourth-order valence-corrected chi connectivity index (χ4v) is 4.85. The van der Waals surface area contributed by atoms with Crippen LogP contribution in [0, 0.1) is 5.92 Å². The highest BCUT2D eigenvalue weighted by atomic mass is 16.5. The molecule has 2 aromatic rings. The molecule has 1 fully saturated rings. The molecule has 0 aromatic heterocycles. The lowest BCUT2D eigenvalue weighted by atomic mass is 9.83. The van der Waals surface area contributed by atoms with Crippen LogP contribution in [0.15, 0.2) is 48.5 Å². The molecule has 4 rings (SSSR count). The van der Waals surface area contributed by atoms with E-state index in [1.165, 1.54) is 17.5 Å². The minimum Gasteiger partial charge on any atom is -0.481 e. The Morgan fingerprint density at radius 1 is 0.966 bits per heavy atom. The Labute approximate surface area is 171 Å². The normalized spacial score (nSPS) is 17.2. The number of benzene rings is 2. The minimum absolute atomic E-state index is 0.000698. The van der Waals surface area contributed by atoms with Crippen LogP contribution < -0.4 is 5.32 Å². The van der Waals surface area contributed by atoms with Crippen LogP contribution in [0.2, 0.25) is 0 Å². The standard InChI is InChI=1S/C24H27NO4/c26-23(27)14-22(16-8-2-1-3-9-16)25-24(28)29-15-21-19-12-6-4-10-17(19)18-11-5-7-13-20(18)21/h4-7,10-13,16,21-22H,1-3,8-9,14-15H2,(H,25,28)(H,26,27)/t22-/m1/s1. The molecule has 2 N–H and O–H groups in total. The summed E-state index contributed by atoms with van der Waals surface area (Å²) in [4.78, 5) is 23.8. The van der Waals surface area contributed by atoms with E-state index in [2.05, 4.69) is 29.6 Å². The number of carbonyl (C=O) groups excluding carboxylic acids is 1. The van der Waals surface area contributed by atoms with Crippen molar-refractivity contribution in [1.29, 1.82) is 0 Å². The predicted molar refractivity (Wildman–Crippen MR) is 111 cm³/mol. The van der Waals surface area contributed by atoms with Crippen LogP contribution in [0.5, 0.6) is 0 Å². The summed E-state index contributed by atoms with van der Waals surface area (Å²) in [5.74, 6) is -0.680. The number of fused-ring (bicyclic) bond motifs is 3. The summed E-state index contributed by atoms with van der Waals surface area (Å²) in [7, 11) is 0. The summed E-state index contributed by atoms with van der Waals surface area (Å²) in [6, 6.07) is 16.0. The quantitative estimate of drug-likeness (QED) is 0.728. The Kier molecular flexibility index (Phi) is 5.84. The van der Waals surface area contributed by atoms with Crippen molar-refractivity contribution < 1.29 is 19.4 Å². The first-order chi connectivity index (χ1) is 14.1. The van der Waals surface area contributed by atoms with Gasteiger partial charge in [0.05, 0.1) is 6.42 Å². The van der Waals surface area contributed by atoms with Crippen LogP contribution in [0.25, 0.3) is 11.1 Å². The molecule has 2 aliphatic rings. The van der Waals surface area contributed by atoms with E-state index < -0.39 is 12.1 Å². The number of carboxylic acids is 1. The second-order valence-corrected chi connectivity index (χ2v) is 8.07. The van der Waals surface area contributed by atoms with Crippen molar-refractivity contribution in [2.75, 3.05) is 6.61 Å². The number of amides is 1. The number of nitrogens with one attached hydrogen (secondary N) is 1. The van der Waals surface area contributed by atoms with Crippen molar-refractivity contribution in [2.45, 2.75) is 50.5 Å². The van der Waals surface area contributed by atoms with Crippen molar-refractivity contribution in [3.05, 3.63) is 59.7 Å². The van der Waals surface area contributed by atoms with Gasteiger partial charge in [-0.2, -0.15) is 0 Å². The molecule has 1 amide bonds. The molecule has 0 bridgehead atoms. The smallest absolute Gasteiger partial charge is 0.407 e. The molecule has 29 heavy (non-hydrogen) atoms. The molecule has 0 spiro atoms. The largest absolute Gasteiger partial charge is 0.481 e. The van der Waals surface area contributed by atoms with Crippen LogP contribution in [-0.4, -0.2) is 29.8 Å². The van der Waals surface area contributed by atoms with E-state index in [1.54, 1.807) is 0 Å². The summed E-state index contributed by atoms with van der Waals surface area (Å²) >= 11 is 0. The van der Waals surface area contributed by atoms with Crippen molar-refractivity contribution >= 4 is 12.1 Å². The zero-order chi connectivity index (χ0) is 20.2. The number of carboxylic acid groups (broad SMARTS) is 1.